The maximum Gasteiger partial charge on any atom is 0.261 e. The number of carbonyl (C=O) groups excluding carboxylic acids is 3. The van der Waals surface area contributed by atoms with Gasteiger partial charge in [-0.3, -0.25) is 19.3 Å². The topological polar surface area (TPSA) is 100 Å². The zero-order valence-electron chi connectivity index (χ0n) is 22.1. The average Bonchev–Trinajstić information content (AvgIpc) is 3.59. The first-order valence-electron chi connectivity index (χ1n) is 13.0. The Kier molecular flexibility index (Phi) is 6.99. The zero-order chi connectivity index (χ0) is 28.5. The molecule has 0 spiro atoms. The van der Waals surface area contributed by atoms with E-state index in [-0.39, 0.29) is 35.0 Å². The number of carbonyl (C=O) groups is 3. The monoisotopic (exact) mass is 564 g/mol. The summed E-state index contributed by atoms with van der Waals surface area (Å²) in [7, 11) is 1.64. The van der Waals surface area contributed by atoms with Crippen LogP contribution in [-0.2, 0) is 6.54 Å². The van der Waals surface area contributed by atoms with Gasteiger partial charge in [0.15, 0.2) is 0 Å². The molecule has 9 heteroatoms. The minimum Gasteiger partial charge on any atom is -0.497 e. The molecule has 0 radical (unpaired) electrons. The molecule has 4 aromatic carbocycles. The van der Waals surface area contributed by atoms with Crippen molar-refractivity contribution in [2.24, 2.45) is 5.10 Å². The highest BCUT2D eigenvalue weighted by Crippen LogP contribution is 2.29. The first kappa shape index (κ1) is 26.3. The second-order valence-electron chi connectivity index (χ2n) is 9.77. The standard InChI is InChI=1S/C32H25ClN4O4/c1-41-23-15-11-20(12-16-23)28-17-27(35-36-28)19-9-13-22(14-10-19)34-30(38)26-8-4-5-21(29(26)33)18-37-31(39)24-6-2-3-7-25(24)32(37)40/h2-16,28,36H,17-18H2,1H3,(H,34,38). The number of imide groups is 1. The Bertz CT molecular complexity index is 1670. The van der Waals surface area contributed by atoms with Gasteiger partial charge in [0.1, 0.15) is 5.75 Å². The quantitative estimate of drug-likeness (QED) is 0.275. The SMILES string of the molecule is COc1ccc(C2CC(c3ccc(NC(=O)c4cccc(CN5C(=O)c6ccccc6C5=O)c4Cl)cc3)=NN2)cc1. The number of ether oxygens (including phenoxy) is 1. The van der Waals surface area contributed by atoms with Crippen LogP contribution in [0, 0.1) is 0 Å². The van der Waals surface area contributed by atoms with Crippen LogP contribution in [0.15, 0.2) is 96.1 Å². The number of halogens is 1. The van der Waals surface area contributed by atoms with Gasteiger partial charge in [-0.25, -0.2) is 0 Å². The number of amides is 3. The van der Waals surface area contributed by atoms with Crippen LogP contribution in [0.4, 0.5) is 5.69 Å². The summed E-state index contributed by atoms with van der Waals surface area (Å²) in [6.45, 7) is -0.0331. The minimum absolute atomic E-state index is 0.0331. The fourth-order valence-electron chi connectivity index (χ4n) is 5.03. The van der Waals surface area contributed by atoms with Crippen LogP contribution in [-0.4, -0.2) is 35.4 Å². The van der Waals surface area contributed by atoms with Gasteiger partial charge in [0.05, 0.1) is 47.1 Å². The van der Waals surface area contributed by atoms with Crippen LogP contribution >= 0.6 is 11.6 Å². The molecule has 41 heavy (non-hydrogen) atoms. The van der Waals surface area contributed by atoms with Gasteiger partial charge in [0, 0.05) is 12.1 Å². The molecule has 8 nitrogen and oxygen atoms in total. The lowest BCUT2D eigenvalue weighted by atomic mass is 9.99. The molecule has 0 aliphatic carbocycles. The molecule has 1 unspecified atom stereocenters. The van der Waals surface area contributed by atoms with E-state index in [9.17, 15) is 14.4 Å². The second-order valence-corrected chi connectivity index (χ2v) is 10.1. The van der Waals surface area contributed by atoms with Gasteiger partial charge in [0.25, 0.3) is 17.7 Å². The molecule has 0 fully saturated rings. The number of methoxy groups -OCH3 is 1. The van der Waals surface area contributed by atoms with Gasteiger partial charge >= 0.3 is 0 Å². The third-order valence-corrected chi connectivity index (χ3v) is 7.72. The van der Waals surface area contributed by atoms with Crippen LogP contribution in [0.1, 0.15) is 60.2 Å². The van der Waals surface area contributed by atoms with E-state index in [1.807, 2.05) is 48.5 Å². The van der Waals surface area contributed by atoms with Crippen LogP contribution in [0.3, 0.4) is 0 Å². The minimum atomic E-state index is -0.397. The summed E-state index contributed by atoms with van der Waals surface area (Å²) >= 11 is 6.61. The maximum atomic E-state index is 13.1. The van der Waals surface area contributed by atoms with E-state index in [0.29, 0.717) is 22.4 Å². The van der Waals surface area contributed by atoms with Crippen LogP contribution < -0.4 is 15.5 Å². The number of rotatable bonds is 7. The largest absolute Gasteiger partial charge is 0.497 e. The van der Waals surface area contributed by atoms with Crippen molar-refractivity contribution >= 4 is 40.7 Å². The molecule has 204 valence electrons. The highest BCUT2D eigenvalue weighted by molar-refractivity contribution is 6.35. The van der Waals surface area contributed by atoms with E-state index in [0.717, 1.165) is 33.9 Å². The fraction of sp³-hybridized carbons (Fsp3) is 0.125. The average molecular weight is 565 g/mol. The first-order valence-corrected chi connectivity index (χ1v) is 13.4. The summed E-state index contributed by atoms with van der Waals surface area (Å²) in [5.74, 6) is -0.351. The van der Waals surface area contributed by atoms with Gasteiger partial charge in [0.2, 0.25) is 0 Å². The third kappa shape index (κ3) is 5.05. The number of benzene rings is 4. The Balaban J connectivity index is 1.11. The fourth-order valence-corrected chi connectivity index (χ4v) is 5.30. The summed E-state index contributed by atoms with van der Waals surface area (Å²) < 4.78 is 5.23. The first-order chi connectivity index (χ1) is 19.9. The lowest BCUT2D eigenvalue weighted by Gasteiger charge is -2.16. The molecule has 3 amide bonds. The van der Waals surface area contributed by atoms with Crippen LogP contribution in [0.25, 0.3) is 0 Å². The highest BCUT2D eigenvalue weighted by Gasteiger charge is 2.35. The van der Waals surface area contributed by atoms with E-state index >= 15 is 0 Å². The van der Waals surface area contributed by atoms with Crippen molar-refractivity contribution in [2.75, 3.05) is 12.4 Å². The molecule has 2 heterocycles. The third-order valence-electron chi connectivity index (χ3n) is 7.28. The number of hydrazone groups is 1. The molecular formula is C32H25ClN4O4. The lowest BCUT2D eigenvalue weighted by Crippen LogP contribution is -2.29. The smallest absolute Gasteiger partial charge is 0.261 e. The van der Waals surface area contributed by atoms with E-state index in [2.05, 4.69) is 15.8 Å². The summed E-state index contributed by atoms with van der Waals surface area (Å²) in [6.07, 6.45) is 0.730. The predicted octanol–water partition coefficient (Wildman–Crippen LogP) is 5.84. The van der Waals surface area contributed by atoms with Gasteiger partial charge in [-0.15, -0.1) is 0 Å². The summed E-state index contributed by atoms with van der Waals surface area (Å²) in [5, 5.41) is 7.58. The summed E-state index contributed by atoms with van der Waals surface area (Å²) in [4.78, 5) is 39.8. The van der Waals surface area contributed by atoms with E-state index in [4.69, 9.17) is 16.3 Å². The van der Waals surface area contributed by atoms with Crippen molar-refractivity contribution in [1.82, 2.24) is 10.3 Å². The molecule has 0 saturated carbocycles. The predicted molar refractivity (Wildman–Crippen MR) is 157 cm³/mol. The molecule has 1 atom stereocenters. The van der Waals surface area contributed by atoms with Crippen molar-refractivity contribution in [1.29, 1.82) is 0 Å². The van der Waals surface area contributed by atoms with Crippen LogP contribution in [0.2, 0.25) is 5.02 Å². The Hall–Kier alpha value is -4.95. The molecular weight excluding hydrogens is 540 g/mol. The number of fused-ring (bicyclic) bond motifs is 1. The van der Waals surface area contributed by atoms with Crippen LogP contribution in [0.5, 0.6) is 5.75 Å². The Morgan fingerprint density at radius 3 is 2.29 bits per heavy atom. The zero-order valence-corrected chi connectivity index (χ0v) is 22.8. The highest BCUT2D eigenvalue weighted by atomic mass is 35.5. The second kappa shape index (κ2) is 10.9. The number of hydrogen-bond donors (Lipinski definition) is 2. The number of anilines is 1. The number of hydrogen-bond acceptors (Lipinski definition) is 6. The van der Waals surface area contributed by atoms with E-state index in [1.165, 1.54) is 0 Å². The Labute approximate surface area is 241 Å². The lowest BCUT2D eigenvalue weighted by molar-refractivity contribution is 0.0642. The van der Waals surface area contributed by atoms with E-state index < -0.39 is 5.91 Å². The molecule has 2 N–H and O–H groups in total. The summed E-state index contributed by atoms with van der Waals surface area (Å²) in [6, 6.07) is 27.1. The van der Waals surface area contributed by atoms with Gasteiger partial charge in [-0.2, -0.15) is 5.10 Å². The van der Waals surface area contributed by atoms with Crippen molar-refractivity contribution in [3.05, 3.63) is 129 Å². The van der Waals surface area contributed by atoms with Gasteiger partial charge in [-0.05, 0) is 59.2 Å². The van der Waals surface area contributed by atoms with E-state index in [1.54, 1.807) is 49.6 Å². The maximum absolute atomic E-state index is 13.1. The van der Waals surface area contributed by atoms with Crippen molar-refractivity contribution in [3.8, 4) is 5.75 Å². The molecule has 0 saturated heterocycles. The summed E-state index contributed by atoms with van der Waals surface area (Å²) in [5.41, 5.74) is 8.26. The molecule has 0 bridgehead atoms. The molecule has 0 aromatic heterocycles. The molecule has 6 rings (SSSR count). The number of nitrogens with one attached hydrogen (secondary N) is 2. The van der Waals surface area contributed by atoms with Gasteiger partial charge in [-0.1, -0.05) is 60.1 Å². The van der Waals surface area contributed by atoms with Crippen molar-refractivity contribution in [2.45, 2.75) is 19.0 Å². The van der Waals surface area contributed by atoms with Crippen molar-refractivity contribution in [3.63, 3.8) is 0 Å². The number of nitrogens with zero attached hydrogens (tertiary/aromatic N) is 2. The molecule has 4 aromatic rings. The van der Waals surface area contributed by atoms with Crippen molar-refractivity contribution < 1.29 is 19.1 Å². The molecule has 2 aliphatic heterocycles. The van der Waals surface area contributed by atoms with Gasteiger partial charge < -0.3 is 15.5 Å². The molecule has 2 aliphatic rings. The Morgan fingerprint density at radius 1 is 0.951 bits per heavy atom. The Morgan fingerprint density at radius 2 is 1.63 bits per heavy atom. The normalized spacial score (nSPS) is 15.8.